The molecule has 0 saturated carbocycles. The number of thiazole rings is 1. The molecule has 144 valence electrons. The minimum Gasteiger partial charge on any atom is -0.457 e. The van der Waals surface area contributed by atoms with E-state index < -0.39 is 4.92 Å². The van der Waals surface area contributed by atoms with E-state index in [2.05, 4.69) is 15.5 Å². The molecule has 0 amide bonds. The van der Waals surface area contributed by atoms with Gasteiger partial charge in [-0.15, -0.1) is 0 Å². The monoisotopic (exact) mass is 424 g/mol. The highest BCUT2D eigenvalue weighted by molar-refractivity contribution is 7.22. The summed E-state index contributed by atoms with van der Waals surface area (Å²) in [6, 6.07) is 19.1. The minimum atomic E-state index is -0.426. The molecule has 4 aromatic rings. The zero-order chi connectivity index (χ0) is 20.2. The van der Waals surface area contributed by atoms with Gasteiger partial charge in [-0.3, -0.25) is 15.5 Å². The second-order valence-electron chi connectivity index (χ2n) is 5.92. The number of benzene rings is 3. The van der Waals surface area contributed by atoms with Crippen molar-refractivity contribution in [2.45, 2.75) is 0 Å². The van der Waals surface area contributed by atoms with Crippen LogP contribution in [-0.4, -0.2) is 16.1 Å². The summed E-state index contributed by atoms with van der Waals surface area (Å²) in [5.74, 6) is 1.40. The molecule has 1 heterocycles. The van der Waals surface area contributed by atoms with E-state index in [1.165, 1.54) is 23.5 Å². The van der Waals surface area contributed by atoms with Crippen molar-refractivity contribution in [1.29, 1.82) is 0 Å². The Bertz CT molecular complexity index is 1190. The van der Waals surface area contributed by atoms with E-state index in [4.69, 9.17) is 16.3 Å². The van der Waals surface area contributed by atoms with E-state index in [0.717, 1.165) is 10.3 Å². The molecule has 0 fully saturated rings. The lowest BCUT2D eigenvalue weighted by Crippen LogP contribution is -1.90. The van der Waals surface area contributed by atoms with E-state index in [0.29, 0.717) is 27.2 Å². The number of hydrogen-bond donors (Lipinski definition) is 1. The summed E-state index contributed by atoms with van der Waals surface area (Å²) in [6.45, 7) is 0. The maximum Gasteiger partial charge on any atom is 0.270 e. The molecule has 7 nitrogen and oxygen atoms in total. The zero-order valence-electron chi connectivity index (χ0n) is 14.8. The molecule has 0 radical (unpaired) electrons. The number of hydrazone groups is 1. The predicted molar refractivity (Wildman–Crippen MR) is 115 cm³/mol. The van der Waals surface area contributed by atoms with Crippen molar-refractivity contribution in [3.8, 4) is 11.5 Å². The van der Waals surface area contributed by atoms with Crippen molar-refractivity contribution in [2.24, 2.45) is 5.10 Å². The summed E-state index contributed by atoms with van der Waals surface area (Å²) in [4.78, 5) is 14.8. The molecular weight excluding hydrogens is 412 g/mol. The van der Waals surface area contributed by atoms with Crippen LogP contribution in [0.5, 0.6) is 11.5 Å². The molecule has 0 unspecified atom stereocenters. The number of halogens is 1. The molecule has 4 rings (SSSR count). The third kappa shape index (κ3) is 4.68. The summed E-state index contributed by atoms with van der Waals surface area (Å²) >= 11 is 7.16. The maximum atomic E-state index is 10.9. The highest BCUT2D eigenvalue weighted by Gasteiger charge is 2.09. The van der Waals surface area contributed by atoms with Crippen LogP contribution in [0.3, 0.4) is 0 Å². The maximum absolute atomic E-state index is 10.9. The molecular formula is C20H13ClN4O3S. The van der Waals surface area contributed by atoms with Crippen molar-refractivity contribution in [3.63, 3.8) is 0 Å². The minimum absolute atomic E-state index is 0.0390. The standard InChI is InChI=1S/C20H13ClN4O3S/c21-14-3-8-17(9-4-14)28-16-6-1-13(2-7-16)12-22-24-20-23-18-10-5-15(25(26)27)11-19(18)29-20/h1-12H,(H,23,24)/b22-12-. The third-order valence-electron chi connectivity index (χ3n) is 3.89. The van der Waals surface area contributed by atoms with Gasteiger partial charge in [0.15, 0.2) is 0 Å². The van der Waals surface area contributed by atoms with Crippen LogP contribution in [0.4, 0.5) is 10.8 Å². The van der Waals surface area contributed by atoms with Gasteiger partial charge in [0.2, 0.25) is 5.13 Å². The van der Waals surface area contributed by atoms with Crippen molar-refractivity contribution in [2.75, 3.05) is 5.43 Å². The topological polar surface area (TPSA) is 89.7 Å². The van der Waals surface area contributed by atoms with E-state index in [1.807, 2.05) is 24.3 Å². The molecule has 1 aromatic heterocycles. The fraction of sp³-hybridized carbons (Fsp3) is 0. The molecule has 0 bridgehead atoms. The van der Waals surface area contributed by atoms with Crippen LogP contribution >= 0.6 is 22.9 Å². The van der Waals surface area contributed by atoms with Gasteiger partial charge in [0.1, 0.15) is 11.5 Å². The van der Waals surface area contributed by atoms with Gasteiger partial charge in [-0.05, 0) is 60.2 Å². The smallest absolute Gasteiger partial charge is 0.270 e. The number of fused-ring (bicyclic) bond motifs is 1. The summed E-state index contributed by atoms with van der Waals surface area (Å²) in [5, 5.41) is 16.2. The number of non-ortho nitro benzene ring substituents is 1. The highest BCUT2D eigenvalue weighted by Crippen LogP contribution is 2.29. The van der Waals surface area contributed by atoms with Crippen molar-refractivity contribution in [3.05, 3.63) is 87.4 Å². The van der Waals surface area contributed by atoms with Crippen LogP contribution in [0.1, 0.15) is 5.56 Å². The normalized spacial score (nSPS) is 11.1. The van der Waals surface area contributed by atoms with E-state index >= 15 is 0 Å². The van der Waals surface area contributed by atoms with Crippen LogP contribution in [0.2, 0.25) is 5.02 Å². The molecule has 1 N–H and O–H groups in total. The largest absolute Gasteiger partial charge is 0.457 e. The molecule has 0 saturated heterocycles. The van der Waals surface area contributed by atoms with E-state index in [1.54, 1.807) is 36.5 Å². The second kappa shape index (κ2) is 8.26. The van der Waals surface area contributed by atoms with Gasteiger partial charge in [-0.25, -0.2) is 4.98 Å². The van der Waals surface area contributed by atoms with Crippen LogP contribution in [0, 0.1) is 10.1 Å². The molecule has 29 heavy (non-hydrogen) atoms. The number of nitro groups is 1. The van der Waals surface area contributed by atoms with E-state index in [-0.39, 0.29) is 5.69 Å². The Morgan fingerprint density at radius 1 is 1.07 bits per heavy atom. The van der Waals surface area contributed by atoms with Crippen LogP contribution < -0.4 is 10.2 Å². The summed E-state index contributed by atoms with van der Waals surface area (Å²) < 4.78 is 6.47. The first-order valence-electron chi connectivity index (χ1n) is 8.44. The Hall–Kier alpha value is -3.49. The van der Waals surface area contributed by atoms with Crippen LogP contribution in [0.25, 0.3) is 10.2 Å². The lowest BCUT2D eigenvalue weighted by molar-refractivity contribution is -0.384. The second-order valence-corrected chi connectivity index (χ2v) is 7.39. The number of rotatable bonds is 6. The first kappa shape index (κ1) is 18.9. The van der Waals surface area contributed by atoms with Crippen LogP contribution in [-0.2, 0) is 0 Å². The summed E-state index contributed by atoms with van der Waals surface area (Å²) in [7, 11) is 0. The van der Waals surface area contributed by atoms with Crippen molar-refractivity contribution in [1.82, 2.24) is 4.98 Å². The van der Waals surface area contributed by atoms with Gasteiger partial charge in [-0.1, -0.05) is 22.9 Å². The Labute approximate surface area is 174 Å². The van der Waals surface area contributed by atoms with Crippen molar-refractivity contribution >= 4 is 50.2 Å². The molecule has 0 aliphatic heterocycles. The quantitative estimate of drug-likeness (QED) is 0.229. The molecule has 9 heteroatoms. The average molecular weight is 425 g/mol. The number of nitrogens with one attached hydrogen (secondary N) is 1. The Morgan fingerprint density at radius 2 is 1.76 bits per heavy atom. The average Bonchev–Trinajstić information content (AvgIpc) is 3.13. The lowest BCUT2D eigenvalue weighted by atomic mass is 10.2. The molecule has 0 aliphatic carbocycles. The van der Waals surface area contributed by atoms with Crippen molar-refractivity contribution < 1.29 is 9.66 Å². The van der Waals surface area contributed by atoms with Gasteiger partial charge in [-0.2, -0.15) is 5.10 Å². The van der Waals surface area contributed by atoms with Gasteiger partial charge < -0.3 is 4.74 Å². The van der Waals surface area contributed by atoms with Gasteiger partial charge in [0, 0.05) is 17.2 Å². The van der Waals surface area contributed by atoms with E-state index in [9.17, 15) is 10.1 Å². The SMILES string of the molecule is O=[N+]([O-])c1ccc2nc(N/N=C\c3ccc(Oc4ccc(Cl)cc4)cc3)sc2c1. The predicted octanol–water partition coefficient (Wildman–Crippen LogP) is 6.10. The lowest BCUT2D eigenvalue weighted by Gasteiger charge is -2.05. The Kier molecular flexibility index (Phi) is 5.37. The first-order chi connectivity index (χ1) is 14.1. The fourth-order valence-electron chi connectivity index (χ4n) is 2.50. The number of aromatic nitrogens is 1. The van der Waals surface area contributed by atoms with Gasteiger partial charge in [0.25, 0.3) is 5.69 Å². The number of anilines is 1. The number of hydrogen-bond acceptors (Lipinski definition) is 7. The highest BCUT2D eigenvalue weighted by atomic mass is 35.5. The summed E-state index contributed by atoms with van der Waals surface area (Å²) in [6.07, 6.45) is 1.65. The molecule has 0 aliphatic rings. The number of ether oxygens (including phenoxy) is 1. The van der Waals surface area contributed by atoms with Gasteiger partial charge in [0.05, 0.1) is 21.4 Å². The molecule has 0 spiro atoms. The zero-order valence-corrected chi connectivity index (χ0v) is 16.4. The molecule has 3 aromatic carbocycles. The molecule has 0 atom stereocenters. The third-order valence-corrected chi connectivity index (χ3v) is 5.06. The van der Waals surface area contributed by atoms with Crippen LogP contribution in [0.15, 0.2) is 71.8 Å². The Morgan fingerprint density at radius 3 is 2.45 bits per heavy atom. The van der Waals surface area contributed by atoms with Gasteiger partial charge >= 0.3 is 0 Å². The summed E-state index contributed by atoms with van der Waals surface area (Å²) in [5.41, 5.74) is 4.45. The fourth-order valence-corrected chi connectivity index (χ4v) is 3.47. The number of nitro benzene ring substituents is 1. The number of nitrogens with zero attached hydrogens (tertiary/aromatic N) is 3. The Balaban J connectivity index is 1.39. The first-order valence-corrected chi connectivity index (χ1v) is 9.64.